The highest BCUT2D eigenvalue weighted by atomic mass is 16.2. The first kappa shape index (κ1) is 20.6. The highest BCUT2D eigenvalue weighted by Crippen LogP contribution is 2.28. The number of hydrogen-bond acceptors (Lipinski definition) is 4. The molecule has 5 amide bonds. The predicted octanol–water partition coefficient (Wildman–Crippen LogP) is 1.58. The van der Waals surface area contributed by atoms with Gasteiger partial charge in [0.2, 0.25) is 11.8 Å². The van der Waals surface area contributed by atoms with Crippen molar-refractivity contribution in [1.82, 2.24) is 20.7 Å². The van der Waals surface area contributed by atoms with Crippen molar-refractivity contribution in [3.8, 4) is 0 Å². The summed E-state index contributed by atoms with van der Waals surface area (Å²) < 4.78 is 0. The lowest BCUT2D eigenvalue weighted by atomic mass is 9.92. The Morgan fingerprint density at radius 1 is 1.06 bits per heavy atom. The zero-order chi connectivity index (χ0) is 22.0. The molecule has 0 saturated carbocycles. The van der Waals surface area contributed by atoms with E-state index in [1.54, 1.807) is 36.1 Å². The molecule has 0 spiro atoms. The fourth-order valence-corrected chi connectivity index (χ4v) is 3.98. The Morgan fingerprint density at radius 2 is 1.71 bits per heavy atom. The van der Waals surface area contributed by atoms with Gasteiger partial charge in [-0.1, -0.05) is 60.7 Å². The second-order valence-electron chi connectivity index (χ2n) is 8.01. The number of likely N-dealkylation sites (tertiary alicyclic amines) is 1. The van der Waals surface area contributed by atoms with Crippen molar-refractivity contribution in [2.75, 3.05) is 13.1 Å². The van der Waals surface area contributed by atoms with Gasteiger partial charge in [0.25, 0.3) is 5.91 Å². The molecule has 160 valence electrons. The third-order valence-electron chi connectivity index (χ3n) is 5.86. The van der Waals surface area contributed by atoms with E-state index in [1.807, 2.05) is 36.4 Å². The molecule has 2 atom stereocenters. The van der Waals surface area contributed by atoms with Gasteiger partial charge in [-0.05, 0) is 24.5 Å². The molecule has 8 nitrogen and oxygen atoms in total. The molecule has 2 aliphatic rings. The standard InChI is InChI=1S/C23H24N4O4/c1-23(18-10-6-3-7-11-18)21(30)27(22(31)24-23)25-20(29)17-14-19(28)26(15-17)13-12-16-8-4-2-5-9-16/h2-11,17H,12-15H2,1H3,(H,24,31)(H,25,29)/t17-,23+/m1/s1. The molecule has 0 aliphatic carbocycles. The summed E-state index contributed by atoms with van der Waals surface area (Å²) in [5, 5.41) is 3.36. The van der Waals surface area contributed by atoms with Gasteiger partial charge >= 0.3 is 6.03 Å². The minimum Gasteiger partial charge on any atom is -0.342 e. The molecule has 31 heavy (non-hydrogen) atoms. The maximum atomic E-state index is 12.9. The van der Waals surface area contributed by atoms with E-state index in [2.05, 4.69) is 10.7 Å². The van der Waals surface area contributed by atoms with Crippen LogP contribution < -0.4 is 10.7 Å². The number of imide groups is 1. The quantitative estimate of drug-likeness (QED) is 0.693. The summed E-state index contributed by atoms with van der Waals surface area (Å²) in [7, 11) is 0. The SMILES string of the molecule is C[C@@]1(c2ccccc2)NC(=O)N(NC(=O)[C@@H]2CC(=O)N(CCc3ccccc3)C2)C1=O. The minimum absolute atomic E-state index is 0.0558. The lowest BCUT2D eigenvalue weighted by Gasteiger charge is -2.22. The van der Waals surface area contributed by atoms with Gasteiger partial charge in [-0.15, -0.1) is 0 Å². The highest BCUT2D eigenvalue weighted by molar-refractivity contribution is 6.08. The van der Waals surface area contributed by atoms with E-state index in [0.717, 1.165) is 5.56 Å². The number of rotatable bonds is 6. The number of benzene rings is 2. The summed E-state index contributed by atoms with van der Waals surface area (Å²) in [6.07, 6.45) is 0.754. The van der Waals surface area contributed by atoms with Crippen molar-refractivity contribution >= 4 is 23.8 Å². The van der Waals surface area contributed by atoms with Gasteiger partial charge in [-0.25, -0.2) is 4.79 Å². The molecule has 0 radical (unpaired) electrons. The highest BCUT2D eigenvalue weighted by Gasteiger charge is 2.50. The molecule has 2 heterocycles. The van der Waals surface area contributed by atoms with Crippen molar-refractivity contribution in [2.24, 2.45) is 5.92 Å². The van der Waals surface area contributed by atoms with Crippen LogP contribution in [-0.4, -0.2) is 46.8 Å². The molecule has 0 bridgehead atoms. The van der Waals surface area contributed by atoms with E-state index in [4.69, 9.17) is 0 Å². The summed E-state index contributed by atoms with van der Waals surface area (Å²) in [6, 6.07) is 17.9. The molecule has 2 aromatic carbocycles. The van der Waals surface area contributed by atoms with E-state index in [0.29, 0.717) is 23.5 Å². The van der Waals surface area contributed by atoms with Crippen LogP contribution in [0.1, 0.15) is 24.5 Å². The second kappa shape index (κ2) is 8.22. The molecule has 0 unspecified atom stereocenters. The first-order chi connectivity index (χ1) is 14.9. The van der Waals surface area contributed by atoms with Crippen LogP contribution in [0.3, 0.4) is 0 Å². The fourth-order valence-electron chi connectivity index (χ4n) is 3.98. The summed E-state index contributed by atoms with van der Waals surface area (Å²) in [6.45, 7) is 2.37. The average Bonchev–Trinajstić information content (AvgIpc) is 3.26. The van der Waals surface area contributed by atoms with Gasteiger partial charge in [0.1, 0.15) is 5.54 Å². The molecule has 2 aromatic rings. The molecule has 2 N–H and O–H groups in total. The first-order valence-corrected chi connectivity index (χ1v) is 10.2. The fraction of sp³-hybridized carbons (Fsp3) is 0.304. The number of carbonyl (C=O) groups is 4. The molecule has 2 fully saturated rings. The largest absolute Gasteiger partial charge is 0.344 e. The zero-order valence-electron chi connectivity index (χ0n) is 17.2. The predicted molar refractivity (Wildman–Crippen MR) is 112 cm³/mol. The summed E-state index contributed by atoms with van der Waals surface area (Å²) in [5.41, 5.74) is 2.88. The van der Waals surface area contributed by atoms with E-state index < -0.39 is 29.3 Å². The Balaban J connectivity index is 1.37. The number of carbonyl (C=O) groups excluding carboxylic acids is 4. The van der Waals surface area contributed by atoms with Crippen LogP contribution >= 0.6 is 0 Å². The van der Waals surface area contributed by atoms with E-state index in [1.165, 1.54) is 0 Å². The maximum Gasteiger partial charge on any atom is 0.344 e. The lowest BCUT2D eigenvalue weighted by molar-refractivity contribution is -0.140. The Kier molecular flexibility index (Phi) is 5.46. The monoisotopic (exact) mass is 420 g/mol. The topological polar surface area (TPSA) is 98.8 Å². The van der Waals surface area contributed by atoms with Crippen LogP contribution in [0.2, 0.25) is 0 Å². The van der Waals surface area contributed by atoms with Gasteiger partial charge in [-0.3, -0.25) is 19.8 Å². The molecule has 2 aliphatic heterocycles. The summed E-state index contributed by atoms with van der Waals surface area (Å²) in [4.78, 5) is 52.1. The smallest absolute Gasteiger partial charge is 0.342 e. The molecule has 4 rings (SSSR count). The van der Waals surface area contributed by atoms with Crippen LogP contribution in [0.4, 0.5) is 4.79 Å². The van der Waals surface area contributed by atoms with Crippen LogP contribution in [0.5, 0.6) is 0 Å². The van der Waals surface area contributed by atoms with Crippen molar-refractivity contribution in [3.05, 3.63) is 71.8 Å². The van der Waals surface area contributed by atoms with Crippen molar-refractivity contribution in [2.45, 2.75) is 25.3 Å². The van der Waals surface area contributed by atoms with Crippen molar-refractivity contribution < 1.29 is 19.2 Å². The van der Waals surface area contributed by atoms with Crippen LogP contribution in [0, 0.1) is 5.92 Å². The third kappa shape index (κ3) is 4.01. The maximum absolute atomic E-state index is 12.9. The Morgan fingerprint density at radius 3 is 2.39 bits per heavy atom. The van der Waals surface area contributed by atoms with Gasteiger partial charge in [0.05, 0.1) is 5.92 Å². The van der Waals surface area contributed by atoms with Gasteiger partial charge in [0, 0.05) is 19.5 Å². The van der Waals surface area contributed by atoms with E-state index >= 15 is 0 Å². The van der Waals surface area contributed by atoms with E-state index in [-0.39, 0.29) is 18.9 Å². The number of nitrogens with one attached hydrogen (secondary N) is 2. The molecular formula is C23H24N4O4. The summed E-state index contributed by atoms with van der Waals surface area (Å²) in [5.74, 6) is -1.81. The van der Waals surface area contributed by atoms with Gasteiger partial charge < -0.3 is 10.2 Å². The van der Waals surface area contributed by atoms with Gasteiger partial charge in [0.15, 0.2) is 0 Å². The average molecular weight is 420 g/mol. The number of urea groups is 1. The molecule has 2 saturated heterocycles. The van der Waals surface area contributed by atoms with Crippen molar-refractivity contribution in [3.63, 3.8) is 0 Å². The normalized spacial score (nSPS) is 23.3. The number of nitrogens with zero attached hydrogens (tertiary/aromatic N) is 2. The van der Waals surface area contributed by atoms with Gasteiger partial charge in [-0.2, -0.15) is 5.01 Å². The molecule has 8 heteroatoms. The summed E-state index contributed by atoms with van der Waals surface area (Å²) >= 11 is 0. The van der Waals surface area contributed by atoms with Crippen LogP contribution in [0.25, 0.3) is 0 Å². The number of hydrogen-bond donors (Lipinski definition) is 2. The number of amides is 5. The van der Waals surface area contributed by atoms with Crippen LogP contribution in [0.15, 0.2) is 60.7 Å². The lowest BCUT2D eigenvalue weighted by Crippen LogP contribution is -2.50. The number of hydrazine groups is 1. The zero-order valence-corrected chi connectivity index (χ0v) is 17.2. The molecule has 0 aromatic heterocycles. The van der Waals surface area contributed by atoms with Crippen molar-refractivity contribution in [1.29, 1.82) is 0 Å². The minimum atomic E-state index is -1.27. The Bertz CT molecular complexity index is 1010. The Hall–Kier alpha value is -3.68. The first-order valence-electron chi connectivity index (χ1n) is 10.2. The van der Waals surface area contributed by atoms with E-state index in [9.17, 15) is 19.2 Å². The second-order valence-corrected chi connectivity index (χ2v) is 8.01. The molecular weight excluding hydrogens is 396 g/mol. The third-order valence-corrected chi connectivity index (χ3v) is 5.86. The van der Waals surface area contributed by atoms with Crippen LogP contribution in [-0.2, 0) is 26.3 Å². The Labute approximate surface area is 180 Å².